The van der Waals surface area contributed by atoms with E-state index in [1.165, 1.54) is 0 Å². The first-order valence-corrected chi connectivity index (χ1v) is 8.07. The summed E-state index contributed by atoms with van der Waals surface area (Å²) in [5.74, 6) is 0.454. The standard InChI is InChI=1S/C17H21NOS/c1-12-8-9-14(3)17(10-12)20(19)11-16(18)15-7-5-4-6-13(15)2/h4-10,16H,11,18H2,1-3H3. The van der Waals surface area contributed by atoms with Gasteiger partial charge in [0, 0.05) is 16.7 Å². The Labute approximate surface area is 123 Å². The Balaban J connectivity index is 2.20. The predicted octanol–water partition coefficient (Wildman–Crippen LogP) is 3.42. The van der Waals surface area contributed by atoms with Crippen molar-refractivity contribution in [2.24, 2.45) is 5.73 Å². The highest BCUT2D eigenvalue weighted by molar-refractivity contribution is 7.85. The molecular formula is C17H21NOS. The minimum atomic E-state index is -1.07. The van der Waals surface area contributed by atoms with Crippen LogP contribution in [0.4, 0.5) is 0 Å². The molecule has 0 aromatic heterocycles. The summed E-state index contributed by atoms with van der Waals surface area (Å²) < 4.78 is 12.5. The molecule has 0 aliphatic rings. The lowest BCUT2D eigenvalue weighted by Gasteiger charge is -2.15. The zero-order valence-electron chi connectivity index (χ0n) is 12.2. The molecule has 2 aromatic carbocycles. The fraction of sp³-hybridized carbons (Fsp3) is 0.294. The molecule has 2 unspecified atom stereocenters. The minimum absolute atomic E-state index is 0.197. The third-order valence-electron chi connectivity index (χ3n) is 3.51. The van der Waals surface area contributed by atoms with Crippen LogP contribution in [0.15, 0.2) is 47.4 Å². The summed E-state index contributed by atoms with van der Waals surface area (Å²) in [4.78, 5) is 0.897. The van der Waals surface area contributed by atoms with Crippen molar-refractivity contribution in [2.45, 2.75) is 31.7 Å². The van der Waals surface area contributed by atoms with Crippen LogP contribution in [-0.4, -0.2) is 9.96 Å². The van der Waals surface area contributed by atoms with Gasteiger partial charge in [-0.2, -0.15) is 0 Å². The first-order valence-electron chi connectivity index (χ1n) is 6.76. The van der Waals surface area contributed by atoms with E-state index in [1.54, 1.807) is 0 Å². The van der Waals surface area contributed by atoms with Gasteiger partial charge in [0.05, 0.1) is 10.8 Å². The van der Waals surface area contributed by atoms with Crippen molar-refractivity contribution in [3.05, 3.63) is 64.7 Å². The molecule has 0 fully saturated rings. The number of rotatable bonds is 4. The number of aryl methyl sites for hydroxylation is 3. The molecule has 3 heteroatoms. The first-order chi connectivity index (χ1) is 9.49. The molecule has 2 nitrogen and oxygen atoms in total. The van der Waals surface area contributed by atoms with Crippen molar-refractivity contribution < 1.29 is 4.21 Å². The van der Waals surface area contributed by atoms with Crippen LogP contribution in [0.25, 0.3) is 0 Å². The monoisotopic (exact) mass is 287 g/mol. The van der Waals surface area contributed by atoms with Crippen molar-refractivity contribution in [3.63, 3.8) is 0 Å². The van der Waals surface area contributed by atoms with E-state index >= 15 is 0 Å². The van der Waals surface area contributed by atoms with Crippen LogP contribution < -0.4 is 5.73 Å². The SMILES string of the molecule is Cc1ccc(C)c(S(=O)CC(N)c2ccccc2C)c1. The van der Waals surface area contributed by atoms with E-state index in [4.69, 9.17) is 5.73 Å². The lowest BCUT2D eigenvalue weighted by molar-refractivity contribution is 0.674. The van der Waals surface area contributed by atoms with Gasteiger partial charge in [0.2, 0.25) is 0 Å². The van der Waals surface area contributed by atoms with Gasteiger partial charge in [-0.3, -0.25) is 4.21 Å². The van der Waals surface area contributed by atoms with Crippen LogP contribution in [-0.2, 0) is 10.8 Å². The summed E-state index contributed by atoms with van der Waals surface area (Å²) in [6.45, 7) is 6.05. The number of hydrogen-bond donors (Lipinski definition) is 1. The second-order valence-electron chi connectivity index (χ2n) is 5.24. The topological polar surface area (TPSA) is 43.1 Å². The van der Waals surface area contributed by atoms with E-state index in [-0.39, 0.29) is 6.04 Å². The molecule has 0 spiro atoms. The molecular weight excluding hydrogens is 266 g/mol. The molecule has 0 bridgehead atoms. The molecule has 0 aliphatic heterocycles. The molecule has 0 radical (unpaired) electrons. The van der Waals surface area contributed by atoms with Gasteiger partial charge in [-0.05, 0) is 49.1 Å². The Kier molecular flexibility index (Phi) is 4.73. The van der Waals surface area contributed by atoms with E-state index in [2.05, 4.69) is 0 Å². The van der Waals surface area contributed by atoms with Crippen LogP contribution >= 0.6 is 0 Å². The average Bonchev–Trinajstić information content (AvgIpc) is 2.41. The second kappa shape index (κ2) is 6.33. The van der Waals surface area contributed by atoms with Gasteiger partial charge in [0.15, 0.2) is 0 Å². The van der Waals surface area contributed by atoms with Gasteiger partial charge >= 0.3 is 0 Å². The summed E-state index contributed by atoms with van der Waals surface area (Å²) in [7, 11) is -1.07. The summed E-state index contributed by atoms with van der Waals surface area (Å²) >= 11 is 0. The molecule has 0 saturated carbocycles. The van der Waals surface area contributed by atoms with Crippen LogP contribution in [0.2, 0.25) is 0 Å². The van der Waals surface area contributed by atoms with E-state index in [0.717, 1.165) is 27.1 Å². The molecule has 0 saturated heterocycles. The Hall–Kier alpha value is -1.45. The third-order valence-corrected chi connectivity index (χ3v) is 5.10. The molecule has 2 atom stereocenters. The van der Waals surface area contributed by atoms with Gasteiger partial charge in [-0.1, -0.05) is 36.4 Å². The van der Waals surface area contributed by atoms with E-state index in [9.17, 15) is 4.21 Å². The van der Waals surface area contributed by atoms with Gasteiger partial charge in [-0.25, -0.2) is 0 Å². The molecule has 0 aliphatic carbocycles. The van der Waals surface area contributed by atoms with Crippen LogP contribution in [0, 0.1) is 20.8 Å². The highest BCUT2D eigenvalue weighted by Gasteiger charge is 2.15. The third kappa shape index (κ3) is 3.35. The largest absolute Gasteiger partial charge is 0.323 e. The smallest absolute Gasteiger partial charge is 0.0551 e. The fourth-order valence-electron chi connectivity index (χ4n) is 2.30. The molecule has 0 amide bonds. The Morgan fingerprint density at radius 3 is 2.45 bits per heavy atom. The van der Waals surface area contributed by atoms with E-state index in [1.807, 2.05) is 63.2 Å². The summed E-state index contributed by atoms with van der Waals surface area (Å²) in [6, 6.07) is 13.9. The molecule has 2 rings (SSSR count). The Morgan fingerprint density at radius 2 is 1.75 bits per heavy atom. The minimum Gasteiger partial charge on any atom is -0.323 e. The molecule has 0 heterocycles. The summed E-state index contributed by atoms with van der Waals surface area (Å²) in [5.41, 5.74) is 10.6. The lowest BCUT2D eigenvalue weighted by Crippen LogP contribution is -2.19. The van der Waals surface area contributed by atoms with Gasteiger partial charge in [-0.15, -0.1) is 0 Å². The lowest BCUT2D eigenvalue weighted by atomic mass is 10.0. The molecule has 20 heavy (non-hydrogen) atoms. The summed E-state index contributed by atoms with van der Waals surface area (Å²) in [5, 5.41) is 0. The summed E-state index contributed by atoms with van der Waals surface area (Å²) in [6.07, 6.45) is 0. The highest BCUT2D eigenvalue weighted by atomic mass is 32.2. The zero-order chi connectivity index (χ0) is 14.7. The normalized spacial score (nSPS) is 14.0. The highest BCUT2D eigenvalue weighted by Crippen LogP contribution is 2.21. The van der Waals surface area contributed by atoms with Gasteiger partial charge < -0.3 is 5.73 Å². The quantitative estimate of drug-likeness (QED) is 0.936. The van der Waals surface area contributed by atoms with Gasteiger partial charge in [0.25, 0.3) is 0 Å². The van der Waals surface area contributed by atoms with Crippen LogP contribution in [0.3, 0.4) is 0 Å². The predicted molar refractivity (Wildman–Crippen MR) is 85.3 cm³/mol. The maximum absolute atomic E-state index is 12.5. The Morgan fingerprint density at radius 1 is 1.05 bits per heavy atom. The average molecular weight is 287 g/mol. The van der Waals surface area contributed by atoms with E-state index < -0.39 is 10.8 Å². The van der Waals surface area contributed by atoms with Crippen molar-refractivity contribution in [3.8, 4) is 0 Å². The molecule has 106 valence electrons. The number of hydrogen-bond acceptors (Lipinski definition) is 2. The van der Waals surface area contributed by atoms with E-state index in [0.29, 0.717) is 5.75 Å². The van der Waals surface area contributed by atoms with Crippen LogP contribution in [0.5, 0.6) is 0 Å². The molecule has 2 N–H and O–H groups in total. The number of benzene rings is 2. The Bertz CT molecular complexity index is 637. The number of nitrogens with two attached hydrogens (primary N) is 1. The van der Waals surface area contributed by atoms with Crippen LogP contribution in [0.1, 0.15) is 28.3 Å². The molecule has 2 aromatic rings. The van der Waals surface area contributed by atoms with Crippen molar-refractivity contribution in [1.29, 1.82) is 0 Å². The van der Waals surface area contributed by atoms with Crippen molar-refractivity contribution in [2.75, 3.05) is 5.75 Å². The van der Waals surface area contributed by atoms with Crippen molar-refractivity contribution in [1.82, 2.24) is 0 Å². The first kappa shape index (κ1) is 14.9. The van der Waals surface area contributed by atoms with Crippen molar-refractivity contribution >= 4 is 10.8 Å². The second-order valence-corrected chi connectivity index (χ2v) is 6.71. The fourth-order valence-corrected chi connectivity index (χ4v) is 3.73. The zero-order valence-corrected chi connectivity index (χ0v) is 13.0. The van der Waals surface area contributed by atoms with Gasteiger partial charge in [0.1, 0.15) is 0 Å². The maximum atomic E-state index is 12.5. The maximum Gasteiger partial charge on any atom is 0.0551 e.